The van der Waals surface area contributed by atoms with Crippen LogP contribution in [0.5, 0.6) is 0 Å². The van der Waals surface area contributed by atoms with Crippen molar-refractivity contribution in [1.82, 2.24) is 5.32 Å². The second-order valence-corrected chi connectivity index (χ2v) is 5.59. The van der Waals surface area contributed by atoms with Gasteiger partial charge in [-0.3, -0.25) is 0 Å². The normalized spacial score (nSPS) is 33.2. The van der Waals surface area contributed by atoms with Crippen LogP contribution in [0.3, 0.4) is 0 Å². The topological polar surface area (TPSA) is 12.0 Å². The lowest BCUT2D eigenvalue weighted by molar-refractivity contribution is 0.132. The number of hydrogen-bond donors (Lipinski definition) is 1. The van der Waals surface area contributed by atoms with Gasteiger partial charge in [-0.25, -0.2) is 0 Å². The monoisotopic (exact) mass is 183 g/mol. The van der Waals surface area contributed by atoms with Crippen LogP contribution >= 0.6 is 0 Å². The van der Waals surface area contributed by atoms with E-state index in [1.807, 2.05) is 0 Å². The Morgan fingerprint density at radius 3 is 2.54 bits per heavy atom. The second-order valence-electron chi connectivity index (χ2n) is 5.59. The van der Waals surface area contributed by atoms with Crippen LogP contribution in [0.1, 0.15) is 47.0 Å². The highest BCUT2D eigenvalue weighted by molar-refractivity contribution is 4.83. The van der Waals surface area contributed by atoms with Gasteiger partial charge in [0.15, 0.2) is 0 Å². The molecule has 1 aliphatic rings. The van der Waals surface area contributed by atoms with Gasteiger partial charge in [0.25, 0.3) is 0 Å². The molecule has 0 aromatic heterocycles. The third kappa shape index (κ3) is 3.68. The highest BCUT2D eigenvalue weighted by atomic mass is 14.8. The summed E-state index contributed by atoms with van der Waals surface area (Å²) in [6, 6.07) is 0. The summed E-state index contributed by atoms with van der Waals surface area (Å²) in [4.78, 5) is 0. The molecule has 2 atom stereocenters. The molecule has 13 heavy (non-hydrogen) atoms. The van der Waals surface area contributed by atoms with E-state index in [0.717, 1.165) is 18.4 Å². The summed E-state index contributed by atoms with van der Waals surface area (Å²) in [5, 5.41) is 3.48. The van der Waals surface area contributed by atoms with Crippen LogP contribution in [0.4, 0.5) is 0 Å². The van der Waals surface area contributed by atoms with E-state index in [-0.39, 0.29) is 0 Å². The molecule has 1 saturated carbocycles. The first-order valence-electron chi connectivity index (χ1n) is 5.74. The molecule has 0 spiro atoms. The average Bonchev–Trinajstić information content (AvgIpc) is 1.97. The Balaban J connectivity index is 2.38. The second kappa shape index (κ2) is 4.45. The van der Waals surface area contributed by atoms with Gasteiger partial charge < -0.3 is 5.32 Å². The summed E-state index contributed by atoms with van der Waals surface area (Å²) < 4.78 is 0. The summed E-state index contributed by atoms with van der Waals surface area (Å²) in [6.07, 6.45) is 4.25. The standard InChI is InChI=1S/C12H25N/c1-5-13-9-11-6-10(2)7-12(3,4)8-11/h10-11,13H,5-9H2,1-4H3. The molecule has 78 valence electrons. The minimum atomic E-state index is 0.581. The Morgan fingerprint density at radius 2 is 2.00 bits per heavy atom. The fraction of sp³-hybridized carbons (Fsp3) is 1.00. The van der Waals surface area contributed by atoms with Gasteiger partial charge in [-0.15, -0.1) is 0 Å². The van der Waals surface area contributed by atoms with Gasteiger partial charge in [0.2, 0.25) is 0 Å². The quantitative estimate of drug-likeness (QED) is 0.709. The molecule has 2 unspecified atom stereocenters. The van der Waals surface area contributed by atoms with Crippen molar-refractivity contribution >= 4 is 0 Å². The molecule has 1 rings (SSSR count). The van der Waals surface area contributed by atoms with Gasteiger partial charge in [0.1, 0.15) is 0 Å². The maximum atomic E-state index is 3.48. The number of nitrogens with one attached hydrogen (secondary N) is 1. The van der Waals surface area contributed by atoms with Gasteiger partial charge in [-0.2, -0.15) is 0 Å². The van der Waals surface area contributed by atoms with Gasteiger partial charge in [-0.1, -0.05) is 27.7 Å². The summed E-state index contributed by atoms with van der Waals surface area (Å²) in [7, 11) is 0. The molecule has 0 saturated heterocycles. The molecule has 1 nitrogen and oxygen atoms in total. The molecule has 0 aromatic rings. The van der Waals surface area contributed by atoms with Crippen LogP contribution in [-0.4, -0.2) is 13.1 Å². The first kappa shape index (κ1) is 11.0. The molecule has 0 aromatic carbocycles. The molecule has 0 amide bonds. The first-order valence-corrected chi connectivity index (χ1v) is 5.74. The maximum Gasteiger partial charge on any atom is -0.00203 e. The zero-order valence-electron chi connectivity index (χ0n) is 9.69. The fourth-order valence-electron chi connectivity index (χ4n) is 3.05. The SMILES string of the molecule is CCNCC1CC(C)CC(C)(C)C1. The first-order chi connectivity index (χ1) is 6.03. The van der Waals surface area contributed by atoms with Crippen molar-refractivity contribution in [3.05, 3.63) is 0 Å². The molecular weight excluding hydrogens is 158 g/mol. The maximum absolute atomic E-state index is 3.48. The molecule has 1 fully saturated rings. The Hall–Kier alpha value is -0.0400. The van der Waals surface area contributed by atoms with E-state index < -0.39 is 0 Å². The van der Waals surface area contributed by atoms with Crippen molar-refractivity contribution < 1.29 is 0 Å². The molecule has 1 heteroatoms. The smallest absolute Gasteiger partial charge is 0.00203 e. The Morgan fingerprint density at radius 1 is 1.31 bits per heavy atom. The van der Waals surface area contributed by atoms with Crippen LogP contribution in [-0.2, 0) is 0 Å². The highest BCUT2D eigenvalue weighted by Gasteiger charge is 2.31. The van der Waals surface area contributed by atoms with Crippen LogP contribution in [0, 0.1) is 17.3 Å². The van der Waals surface area contributed by atoms with Gasteiger partial charge in [0, 0.05) is 0 Å². The van der Waals surface area contributed by atoms with Gasteiger partial charge in [-0.05, 0) is 49.6 Å². The third-order valence-electron chi connectivity index (χ3n) is 3.16. The molecule has 0 aliphatic heterocycles. The predicted molar refractivity (Wildman–Crippen MR) is 58.8 cm³/mol. The van der Waals surface area contributed by atoms with Crippen molar-refractivity contribution in [2.45, 2.75) is 47.0 Å². The Bertz CT molecular complexity index is 151. The van der Waals surface area contributed by atoms with E-state index in [1.165, 1.54) is 25.8 Å². The number of rotatable bonds is 3. The lowest BCUT2D eigenvalue weighted by Crippen LogP contribution is -2.33. The highest BCUT2D eigenvalue weighted by Crippen LogP contribution is 2.41. The molecule has 0 bridgehead atoms. The number of hydrogen-bond acceptors (Lipinski definition) is 1. The Kier molecular flexibility index (Phi) is 3.78. The minimum absolute atomic E-state index is 0.581. The van der Waals surface area contributed by atoms with Crippen LogP contribution < -0.4 is 5.32 Å². The van der Waals surface area contributed by atoms with Crippen molar-refractivity contribution in [2.75, 3.05) is 13.1 Å². The fourth-order valence-corrected chi connectivity index (χ4v) is 3.05. The summed E-state index contributed by atoms with van der Waals surface area (Å²) in [5.41, 5.74) is 0.581. The van der Waals surface area contributed by atoms with Crippen molar-refractivity contribution in [2.24, 2.45) is 17.3 Å². The van der Waals surface area contributed by atoms with E-state index in [0.29, 0.717) is 5.41 Å². The summed E-state index contributed by atoms with van der Waals surface area (Å²) in [5.74, 6) is 1.84. The molecule has 1 N–H and O–H groups in total. The van der Waals surface area contributed by atoms with Crippen molar-refractivity contribution in [3.63, 3.8) is 0 Å². The van der Waals surface area contributed by atoms with E-state index in [1.54, 1.807) is 0 Å². The lowest BCUT2D eigenvalue weighted by Gasteiger charge is -2.39. The van der Waals surface area contributed by atoms with Crippen LogP contribution in [0.25, 0.3) is 0 Å². The minimum Gasteiger partial charge on any atom is -0.317 e. The molecule has 0 heterocycles. The van der Waals surface area contributed by atoms with Gasteiger partial charge in [0.05, 0.1) is 0 Å². The van der Waals surface area contributed by atoms with Gasteiger partial charge >= 0.3 is 0 Å². The molecular formula is C12H25N. The zero-order chi connectivity index (χ0) is 9.90. The van der Waals surface area contributed by atoms with E-state index in [2.05, 4.69) is 33.0 Å². The van der Waals surface area contributed by atoms with E-state index in [9.17, 15) is 0 Å². The van der Waals surface area contributed by atoms with Crippen molar-refractivity contribution in [1.29, 1.82) is 0 Å². The average molecular weight is 183 g/mol. The predicted octanol–water partition coefficient (Wildman–Crippen LogP) is 3.06. The Labute approximate surface area is 83.3 Å². The van der Waals surface area contributed by atoms with Crippen LogP contribution in [0.2, 0.25) is 0 Å². The zero-order valence-corrected chi connectivity index (χ0v) is 9.69. The molecule has 1 aliphatic carbocycles. The molecule has 0 radical (unpaired) electrons. The summed E-state index contributed by atoms with van der Waals surface area (Å²) in [6.45, 7) is 11.8. The van der Waals surface area contributed by atoms with E-state index >= 15 is 0 Å². The van der Waals surface area contributed by atoms with E-state index in [4.69, 9.17) is 0 Å². The largest absolute Gasteiger partial charge is 0.317 e. The van der Waals surface area contributed by atoms with Crippen LogP contribution in [0.15, 0.2) is 0 Å². The third-order valence-corrected chi connectivity index (χ3v) is 3.16. The lowest BCUT2D eigenvalue weighted by atomic mass is 9.68. The van der Waals surface area contributed by atoms with Crippen molar-refractivity contribution in [3.8, 4) is 0 Å². The summed E-state index contributed by atoms with van der Waals surface area (Å²) >= 11 is 0.